The molecule has 0 saturated carbocycles. The molecule has 0 radical (unpaired) electrons. The average Bonchev–Trinajstić information content (AvgIpc) is 2.37. The van der Waals surface area contributed by atoms with E-state index in [1.54, 1.807) is 0 Å². The molecular weight excluding hydrogens is 281 g/mol. The Kier molecular flexibility index (Phi) is 4.33. The van der Waals surface area contributed by atoms with Crippen LogP contribution in [0.4, 0.5) is 13.2 Å². The minimum atomic E-state index is -5.25. The molecule has 110 valence electrons. The molecule has 1 rings (SSSR count). The number of methoxy groups -OCH3 is 1. The molecule has 0 fully saturated rings. The summed E-state index contributed by atoms with van der Waals surface area (Å²) in [5.41, 5.74) is -3.44. The van der Waals surface area contributed by atoms with Gasteiger partial charge < -0.3 is 9.84 Å². The molecular formula is C11H11F3N2O4. The molecule has 1 amide bonds. The molecule has 1 heterocycles. The van der Waals surface area contributed by atoms with Gasteiger partial charge in [0.2, 0.25) is 5.72 Å². The van der Waals surface area contributed by atoms with Crippen LogP contribution in [0.25, 0.3) is 0 Å². The van der Waals surface area contributed by atoms with Crippen LogP contribution in [0.2, 0.25) is 0 Å². The SMILES string of the molecule is COC(C)(C(=O)O)N(C(=O)c1ccccn1)C(F)(F)F. The summed E-state index contributed by atoms with van der Waals surface area (Å²) in [4.78, 5) is 25.6. The van der Waals surface area contributed by atoms with Gasteiger partial charge in [-0.15, -0.1) is 13.2 Å². The van der Waals surface area contributed by atoms with Gasteiger partial charge in [-0.05, 0) is 19.1 Å². The quantitative estimate of drug-likeness (QED) is 0.672. The molecule has 0 bridgehead atoms. The van der Waals surface area contributed by atoms with Crippen molar-refractivity contribution < 1.29 is 32.6 Å². The lowest BCUT2D eigenvalue weighted by molar-refractivity contribution is -0.290. The zero-order valence-electron chi connectivity index (χ0n) is 10.5. The maximum Gasteiger partial charge on any atom is 0.490 e. The van der Waals surface area contributed by atoms with Crippen LogP contribution in [0.5, 0.6) is 0 Å². The lowest BCUT2D eigenvalue weighted by atomic mass is 10.2. The zero-order chi connectivity index (χ0) is 15.6. The number of rotatable bonds is 4. The first kappa shape index (κ1) is 15.9. The molecule has 0 aliphatic carbocycles. The number of halogens is 3. The number of aromatic nitrogens is 1. The third-order valence-corrected chi connectivity index (χ3v) is 2.56. The number of ether oxygens (including phenoxy) is 1. The van der Waals surface area contributed by atoms with Crippen LogP contribution in [0, 0.1) is 0 Å². The van der Waals surface area contributed by atoms with Crippen molar-refractivity contribution in [3.05, 3.63) is 30.1 Å². The van der Waals surface area contributed by atoms with Crippen LogP contribution in [0.3, 0.4) is 0 Å². The number of carbonyl (C=O) groups is 2. The topological polar surface area (TPSA) is 79.7 Å². The van der Waals surface area contributed by atoms with Crippen molar-refractivity contribution in [2.24, 2.45) is 0 Å². The van der Waals surface area contributed by atoms with Crippen molar-refractivity contribution in [2.45, 2.75) is 18.9 Å². The monoisotopic (exact) mass is 292 g/mol. The molecule has 9 heteroatoms. The second-order valence-corrected chi connectivity index (χ2v) is 3.82. The Bertz CT molecular complexity index is 506. The van der Waals surface area contributed by atoms with Crippen molar-refractivity contribution in [3.8, 4) is 0 Å². The maximum atomic E-state index is 13.0. The van der Waals surface area contributed by atoms with Crippen LogP contribution >= 0.6 is 0 Å². The summed E-state index contributed by atoms with van der Waals surface area (Å²) >= 11 is 0. The van der Waals surface area contributed by atoms with Crippen molar-refractivity contribution in [1.29, 1.82) is 0 Å². The number of amides is 1. The van der Waals surface area contributed by atoms with E-state index in [-0.39, 0.29) is 0 Å². The van der Waals surface area contributed by atoms with E-state index in [0.717, 1.165) is 19.4 Å². The van der Waals surface area contributed by atoms with E-state index in [9.17, 15) is 22.8 Å². The third kappa shape index (κ3) is 2.87. The van der Waals surface area contributed by atoms with Crippen LogP contribution in [0.15, 0.2) is 24.4 Å². The smallest absolute Gasteiger partial charge is 0.478 e. The normalized spacial score (nSPS) is 14.4. The summed E-state index contributed by atoms with van der Waals surface area (Å²) < 4.78 is 43.5. The van der Waals surface area contributed by atoms with Crippen LogP contribution in [0.1, 0.15) is 17.4 Å². The molecule has 1 aromatic heterocycles. The molecule has 1 unspecified atom stereocenters. The van der Waals surface area contributed by atoms with Crippen molar-refractivity contribution in [3.63, 3.8) is 0 Å². The van der Waals surface area contributed by atoms with E-state index in [1.165, 1.54) is 12.1 Å². The van der Waals surface area contributed by atoms with Gasteiger partial charge in [0, 0.05) is 13.3 Å². The van der Waals surface area contributed by atoms with Crippen LogP contribution in [-0.4, -0.2) is 46.0 Å². The largest absolute Gasteiger partial charge is 0.490 e. The van der Waals surface area contributed by atoms with Gasteiger partial charge in [0.1, 0.15) is 5.69 Å². The number of aliphatic carboxylic acids is 1. The fourth-order valence-electron chi connectivity index (χ4n) is 1.43. The fraction of sp³-hybridized carbons (Fsp3) is 0.364. The third-order valence-electron chi connectivity index (χ3n) is 2.56. The van der Waals surface area contributed by atoms with Gasteiger partial charge in [-0.2, -0.15) is 0 Å². The van der Waals surface area contributed by atoms with Gasteiger partial charge in [0.05, 0.1) is 0 Å². The first-order valence-corrected chi connectivity index (χ1v) is 5.25. The fourth-order valence-corrected chi connectivity index (χ4v) is 1.43. The number of alkyl halides is 3. The summed E-state index contributed by atoms with van der Waals surface area (Å²) in [5.74, 6) is -3.58. The molecule has 1 aromatic rings. The Labute approximate surface area is 111 Å². The summed E-state index contributed by atoms with van der Waals surface area (Å²) in [6.07, 6.45) is -4.13. The van der Waals surface area contributed by atoms with Crippen molar-refractivity contribution in [2.75, 3.05) is 7.11 Å². The van der Waals surface area contributed by atoms with E-state index in [1.807, 2.05) is 0 Å². The highest BCUT2D eigenvalue weighted by Gasteiger charge is 2.56. The number of carboxylic acids is 1. The molecule has 0 aromatic carbocycles. The number of nitrogens with zero attached hydrogens (tertiary/aromatic N) is 2. The van der Waals surface area contributed by atoms with Gasteiger partial charge in [0.25, 0.3) is 5.91 Å². The minimum Gasteiger partial charge on any atom is -0.478 e. The van der Waals surface area contributed by atoms with E-state index < -0.39 is 34.5 Å². The number of hydrogen-bond acceptors (Lipinski definition) is 4. The Hall–Kier alpha value is -2.16. The molecule has 0 aliphatic rings. The second-order valence-electron chi connectivity index (χ2n) is 3.82. The highest BCUT2D eigenvalue weighted by molar-refractivity contribution is 5.96. The molecule has 0 spiro atoms. The van der Waals surface area contributed by atoms with E-state index in [0.29, 0.717) is 6.92 Å². The molecule has 1 N–H and O–H groups in total. The van der Waals surface area contributed by atoms with Gasteiger partial charge in [0.15, 0.2) is 0 Å². The molecule has 20 heavy (non-hydrogen) atoms. The summed E-state index contributed by atoms with van der Waals surface area (Å²) in [7, 11) is 0.762. The molecule has 1 atom stereocenters. The Morgan fingerprint density at radius 2 is 1.95 bits per heavy atom. The summed E-state index contributed by atoms with van der Waals surface area (Å²) in [5, 5.41) is 8.92. The lowest BCUT2D eigenvalue weighted by Crippen LogP contribution is -2.62. The number of carboxylic acid groups (broad SMARTS) is 1. The number of hydrogen-bond donors (Lipinski definition) is 1. The Morgan fingerprint density at radius 3 is 2.30 bits per heavy atom. The summed E-state index contributed by atoms with van der Waals surface area (Å²) in [6, 6.07) is 3.75. The standard InChI is InChI=1S/C11H11F3N2O4/c1-10(20-2,9(18)19)16(11(12,13)14)8(17)7-5-3-4-6-15-7/h3-6H,1-2H3,(H,18,19). The van der Waals surface area contributed by atoms with Gasteiger partial charge >= 0.3 is 12.3 Å². The van der Waals surface area contributed by atoms with Crippen molar-refractivity contribution >= 4 is 11.9 Å². The highest BCUT2D eigenvalue weighted by atomic mass is 19.4. The molecule has 0 aliphatic heterocycles. The van der Waals surface area contributed by atoms with E-state index in [2.05, 4.69) is 9.72 Å². The van der Waals surface area contributed by atoms with Crippen LogP contribution < -0.4 is 0 Å². The molecule has 6 nitrogen and oxygen atoms in total. The van der Waals surface area contributed by atoms with Gasteiger partial charge in [-0.25, -0.2) is 9.69 Å². The number of carbonyl (C=O) groups excluding carboxylic acids is 1. The maximum absolute atomic E-state index is 13.0. The van der Waals surface area contributed by atoms with Gasteiger partial charge in [-0.3, -0.25) is 9.78 Å². The molecule has 0 saturated heterocycles. The average molecular weight is 292 g/mol. The highest BCUT2D eigenvalue weighted by Crippen LogP contribution is 2.32. The van der Waals surface area contributed by atoms with Crippen molar-refractivity contribution in [1.82, 2.24) is 9.88 Å². The van der Waals surface area contributed by atoms with Gasteiger partial charge in [-0.1, -0.05) is 6.07 Å². The minimum absolute atomic E-state index is 0.547. The lowest BCUT2D eigenvalue weighted by Gasteiger charge is -2.36. The first-order valence-electron chi connectivity index (χ1n) is 5.25. The van der Waals surface area contributed by atoms with E-state index >= 15 is 0 Å². The summed E-state index contributed by atoms with van der Waals surface area (Å²) in [6.45, 7) is 0.629. The zero-order valence-corrected chi connectivity index (χ0v) is 10.5. The predicted molar refractivity (Wildman–Crippen MR) is 59.5 cm³/mol. The predicted octanol–water partition coefficient (Wildman–Crippen LogP) is 1.49. The Balaban J connectivity index is 3.35. The van der Waals surface area contributed by atoms with E-state index in [4.69, 9.17) is 5.11 Å². The first-order chi connectivity index (χ1) is 9.14. The Morgan fingerprint density at radius 1 is 1.35 bits per heavy atom. The number of pyridine rings is 1. The van der Waals surface area contributed by atoms with Crippen LogP contribution in [-0.2, 0) is 9.53 Å². The second kappa shape index (κ2) is 5.45.